The summed E-state index contributed by atoms with van der Waals surface area (Å²) < 4.78 is 28.2. The van der Waals surface area contributed by atoms with Gasteiger partial charge in [0.2, 0.25) is 0 Å². The highest BCUT2D eigenvalue weighted by Crippen LogP contribution is 2.37. The van der Waals surface area contributed by atoms with Crippen LogP contribution in [0.2, 0.25) is 0 Å². The van der Waals surface area contributed by atoms with Gasteiger partial charge in [0.15, 0.2) is 17.4 Å². The lowest BCUT2D eigenvalue weighted by Crippen LogP contribution is -2.24. The second kappa shape index (κ2) is 16.9. The number of nitriles is 1. The van der Waals surface area contributed by atoms with Crippen LogP contribution in [0.25, 0.3) is 33.9 Å². The van der Waals surface area contributed by atoms with Crippen molar-refractivity contribution in [3.63, 3.8) is 0 Å². The van der Waals surface area contributed by atoms with E-state index in [9.17, 15) is 10.1 Å². The maximum absolute atomic E-state index is 13.9. The predicted molar refractivity (Wildman–Crippen MR) is 212 cm³/mol. The minimum absolute atomic E-state index is 0.156. The summed E-state index contributed by atoms with van der Waals surface area (Å²) in [5, 5.41) is 31.8. The molecule has 4 heterocycles. The summed E-state index contributed by atoms with van der Waals surface area (Å²) in [6.45, 7) is 2.90. The summed E-state index contributed by atoms with van der Waals surface area (Å²) in [5.41, 5.74) is 5.07. The van der Waals surface area contributed by atoms with Gasteiger partial charge in [0.05, 0.1) is 52.2 Å². The molecule has 7 rings (SSSR count). The van der Waals surface area contributed by atoms with Gasteiger partial charge in [-0.1, -0.05) is 48.5 Å². The zero-order valence-electron chi connectivity index (χ0n) is 32.1. The molecule has 15 nitrogen and oxygen atoms in total. The van der Waals surface area contributed by atoms with Crippen molar-refractivity contribution in [3.05, 3.63) is 125 Å². The Bertz CT molecular complexity index is 2600. The molecule has 0 unspecified atom stereocenters. The van der Waals surface area contributed by atoms with E-state index in [-0.39, 0.29) is 25.4 Å². The molecule has 0 atom stereocenters. The standard InChI is InChI=1S/C42H40N10O5/c1-27-39(57-26-29-11-7-6-8-12-29)38(52(49-27)20-10-9-19-43)41-48-47-40(51(41)25-28-13-16-31(54-3)17-14-28)37-33-24-45-50(2)35(33)22-34(46-37)42(53)44-23-30-15-18-32(55-4)21-36(30)56-5/h6-18,21-22,24H,20,23,25-26H2,1-5H3,(H,44,53)/b10-9+. The Balaban J connectivity index is 1.36. The summed E-state index contributed by atoms with van der Waals surface area (Å²) in [5.74, 6) is 2.86. The van der Waals surface area contributed by atoms with E-state index in [1.807, 2.05) is 78.2 Å². The van der Waals surface area contributed by atoms with Gasteiger partial charge in [-0.15, -0.1) is 10.2 Å². The number of fused-ring (bicyclic) bond motifs is 1. The summed E-state index contributed by atoms with van der Waals surface area (Å²) in [6.07, 6.45) is 4.82. The smallest absolute Gasteiger partial charge is 0.270 e. The Kier molecular flexibility index (Phi) is 11.2. The fourth-order valence-corrected chi connectivity index (χ4v) is 6.43. The first-order valence-corrected chi connectivity index (χ1v) is 18.0. The van der Waals surface area contributed by atoms with Crippen molar-refractivity contribution in [1.29, 1.82) is 5.26 Å². The van der Waals surface area contributed by atoms with Crippen LogP contribution in [0.5, 0.6) is 23.0 Å². The monoisotopic (exact) mass is 764 g/mol. The van der Waals surface area contributed by atoms with Gasteiger partial charge in [-0.2, -0.15) is 15.5 Å². The van der Waals surface area contributed by atoms with Gasteiger partial charge in [0.1, 0.15) is 46.6 Å². The maximum Gasteiger partial charge on any atom is 0.270 e. The molecule has 4 aromatic heterocycles. The third kappa shape index (κ3) is 8.01. The van der Waals surface area contributed by atoms with Crippen LogP contribution in [0.1, 0.15) is 32.9 Å². The first-order chi connectivity index (χ1) is 27.8. The zero-order chi connectivity index (χ0) is 39.9. The number of rotatable bonds is 15. The van der Waals surface area contributed by atoms with Crippen molar-refractivity contribution in [2.75, 3.05) is 21.3 Å². The average molecular weight is 765 g/mol. The van der Waals surface area contributed by atoms with Gasteiger partial charge >= 0.3 is 0 Å². The fraction of sp³-hybridized carbons (Fsp3) is 0.214. The third-order valence-corrected chi connectivity index (χ3v) is 9.36. The van der Waals surface area contributed by atoms with Crippen LogP contribution in [0.3, 0.4) is 0 Å². The number of aromatic nitrogens is 8. The minimum Gasteiger partial charge on any atom is -0.497 e. The van der Waals surface area contributed by atoms with E-state index >= 15 is 0 Å². The molecule has 0 saturated carbocycles. The second-order valence-corrected chi connectivity index (χ2v) is 12.9. The van der Waals surface area contributed by atoms with Gasteiger partial charge in [-0.25, -0.2) is 4.98 Å². The maximum atomic E-state index is 13.9. The molecule has 0 saturated heterocycles. The summed E-state index contributed by atoms with van der Waals surface area (Å²) in [6, 6.07) is 26.7. The molecule has 0 aliphatic heterocycles. The van der Waals surface area contributed by atoms with Crippen molar-refractivity contribution >= 4 is 16.8 Å². The first-order valence-electron chi connectivity index (χ1n) is 18.0. The SMILES string of the molecule is COc1ccc(Cn2c(-c3nc(C(=O)NCc4ccc(OC)cc4OC)cc4c3cnn4C)nnc2-c2c(OCc3ccccc3)c(C)nn2C/C=C/C#N)cc1. The van der Waals surface area contributed by atoms with Crippen LogP contribution < -0.4 is 24.3 Å². The topological polar surface area (TPSA) is 169 Å². The molecule has 7 aromatic rings. The zero-order valence-corrected chi connectivity index (χ0v) is 32.1. The number of carbonyl (C=O) groups is 1. The number of methoxy groups -OCH3 is 3. The molecule has 0 spiro atoms. The lowest BCUT2D eigenvalue weighted by atomic mass is 10.1. The molecule has 288 valence electrons. The van der Waals surface area contributed by atoms with Crippen LogP contribution >= 0.6 is 0 Å². The second-order valence-electron chi connectivity index (χ2n) is 12.9. The number of benzene rings is 3. The number of aryl methyl sites for hydroxylation is 2. The van der Waals surface area contributed by atoms with Crippen molar-refractivity contribution in [1.82, 2.24) is 44.6 Å². The Labute approximate surface area is 328 Å². The van der Waals surface area contributed by atoms with Crippen LogP contribution in [0.4, 0.5) is 0 Å². The number of hydrogen-bond acceptors (Lipinski definition) is 11. The van der Waals surface area contributed by atoms with Crippen molar-refractivity contribution in [2.45, 2.75) is 33.2 Å². The van der Waals surface area contributed by atoms with Crippen LogP contribution in [0, 0.1) is 18.3 Å². The molecular formula is C42H40N10O5. The van der Waals surface area contributed by atoms with E-state index in [0.29, 0.717) is 69.2 Å². The molecule has 0 aliphatic carbocycles. The Morgan fingerprint density at radius 1 is 0.912 bits per heavy atom. The average Bonchev–Trinajstić information content (AvgIpc) is 3.92. The molecule has 1 amide bonds. The normalized spacial score (nSPS) is 11.2. The van der Waals surface area contributed by atoms with Gasteiger partial charge < -0.3 is 24.3 Å². The third-order valence-electron chi connectivity index (χ3n) is 9.36. The number of ether oxygens (including phenoxy) is 4. The summed E-state index contributed by atoms with van der Waals surface area (Å²) in [7, 11) is 6.57. The van der Waals surface area contributed by atoms with Gasteiger partial charge in [-0.05, 0) is 48.4 Å². The highest BCUT2D eigenvalue weighted by atomic mass is 16.5. The van der Waals surface area contributed by atoms with Crippen LogP contribution in [-0.4, -0.2) is 66.5 Å². The molecule has 15 heteroatoms. The number of amides is 1. The Morgan fingerprint density at radius 2 is 1.67 bits per heavy atom. The molecule has 0 aliphatic rings. The number of nitrogens with one attached hydrogen (secondary N) is 1. The van der Waals surface area contributed by atoms with E-state index in [1.165, 1.54) is 6.08 Å². The molecule has 0 bridgehead atoms. The molecule has 1 N–H and O–H groups in total. The van der Waals surface area contributed by atoms with Gasteiger partial charge in [-0.3, -0.25) is 18.7 Å². The van der Waals surface area contributed by atoms with Gasteiger partial charge in [0, 0.05) is 36.7 Å². The first kappa shape index (κ1) is 37.8. The number of nitrogens with zero attached hydrogens (tertiary/aromatic N) is 9. The lowest BCUT2D eigenvalue weighted by molar-refractivity contribution is 0.0946. The molecule has 57 heavy (non-hydrogen) atoms. The van der Waals surface area contributed by atoms with Crippen LogP contribution in [0.15, 0.2) is 97.2 Å². The number of carbonyl (C=O) groups excluding carboxylic acids is 1. The quantitative estimate of drug-likeness (QED) is 0.120. The van der Waals surface area contributed by atoms with E-state index in [4.69, 9.17) is 39.2 Å². The largest absolute Gasteiger partial charge is 0.497 e. The lowest BCUT2D eigenvalue weighted by Gasteiger charge is -2.15. The van der Waals surface area contributed by atoms with Gasteiger partial charge in [0.25, 0.3) is 5.91 Å². The summed E-state index contributed by atoms with van der Waals surface area (Å²) >= 11 is 0. The highest BCUT2D eigenvalue weighted by molar-refractivity contribution is 5.99. The van der Waals surface area contributed by atoms with E-state index < -0.39 is 5.91 Å². The fourth-order valence-electron chi connectivity index (χ4n) is 6.43. The number of hydrogen-bond donors (Lipinski definition) is 1. The highest BCUT2D eigenvalue weighted by Gasteiger charge is 2.28. The number of allylic oxidation sites excluding steroid dienone is 2. The Morgan fingerprint density at radius 3 is 2.40 bits per heavy atom. The van der Waals surface area contributed by atoms with Crippen LogP contribution in [-0.2, 0) is 33.3 Å². The minimum atomic E-state index is -0.409. The molecular weight excluding hydrogens is 725 g/mol. The predicted octanol–water partition coefficient (Wildman–Crippen LogP) is 6.06. The molecule has 3 aromatic carbocycles. The van der Waals surface area contributed by atoms with E-state index in [1.54, 1.807) is 68.2 Å². The van der Waals surface area contributed by atoms with Crippen molar-refractivity contribution < 1.29 is 23.7 Å². The van der Waals surface area contributed by atoms with Crippen molar-refractivity contribution in [2.24, 2.45) is 7.05 Å². The Hall–Kier alpha value is -7.47. The molecule has 0 radical (unpaired) electrons. The number of pyridine rings is 1. The molecule has 0 fully saturated rings. The van der Waals surface area contributed by atoms with E-state index in [0.717, 1.165) is 16.7 Å². The van der Waals surface area contributed by atoms with Crippen molar-refractivity contribution in [3.8, 4) is 52.1 Å². The van der Waals surface area contributed by atoms with E-state index in [2.05, 4.69) is 10.4 Å². The summed E-state index contributed by atoms with van der Waals surface area (Å²) in [4.78, 5) is 18.8.